The zero-order valence-electron chi connectivity index (χ0n) is 17.4. The minimum Gasteiger partial charge on any atom is -0.393 e. The minimum absolute atomic E-state index is 0.109. The van der Waals surface area contributed by atoms with E-state index in [1.54, 1.807) is 10.9 Å². The molecule has 1 atom stereocenters. The molecule has 3 aromatic rings. The number of aromatic nitrogens is 3. The molecule has 6 nitrogen and oxygen atoms in total. The van der Waals surface area contributed by atoms with Crippen LogP contribution in [0.1, 0.15) is 40.9 Å². The number of likely N-dealkylation sites (tertiary alicyclic amines) is 1. The van der Waals surface area contributed by atoms with Crippen molar-refractivity contribution in [2.24, 2.45) is 5.92 Å². The molecule has 1 N–H and O–H groups in total. The molecule has 0 spiro atoms. The molecule has 4 rings (SSSR count). The molecule has 0 radical (unpaired) electrons. The summed E-state index contributed by atoms with van der Waals surface area (Å²) in [6.45, 7) is 1.72. The predicted octanol–water partition coefficient (Wildman–Crippen LogP) is 3.83. The number of aryl methyl sites for hydroxylation is 1. The molecule has 162 valence electrons. The Morgan fingerprint density at radius 2 is 1.81 bits per heavy atom. The van der Waals surface area contributed by atoms with E-state index in [0.717, 1.165) is 31.2 Å². The summed E-state index contributed by atoms with van der Waals surface area (Å²) in [7, 11) is 0. The van der Waals surface area contributed by atoms with Gasteiger partial charge in [0.1, 0.15) is 0 Å². The van der Waals surface area contributed by atoms with Crippen LogP contribution in [0.3, 0.4) is 0 Å². The topological polar surface area (TPSA) is 71.2 Å². The van der Waals surface area contributed by atoms with Crippen LogP contribution in [0, 0.1) is 5.92 Å². The molecule has 7 heteroatoms. The normalized spacial score (nSPS) is 15.7. The van der Waals surface area contributed by atoms with Gasteiger partial charge in [-0.15, -0.1) is 5.10 Å². The average molecular weight is 439 g/mol. The first kappa shape index (κ1) is 21.5. The highest BCUT2D eigenvalue weighted by molar-refractivity contribution is 6.31. The summed E-state index contributed by atoms with van der Waals surface area (Å²) < 4.78 is 1.63. The molecule has 1 saturated heterocycles. The maximum absolute atomic E-state index is 12.8. The molecule has 1 fully saturated rings. The van der Waals surface area contributed by atoms with E-state index in [1.807, 2.05) is 47.4 Å². The Hall–Kier alpha value is -2.70. The molecule has 0 aliphatic carbocycles. The number of hydrogen-bond donors (Lipinski definition) is 1. The number of halogens is 1. The number of aliphatic hydroxyl groups is 1. The fraction of sp³-hybridized carbons (Fsp3) is 0.375. The van der Waals surface area contributed by atoms with E-state index < -0.39 is 0 Å². The molecular formula is C24H27ClN4O2. The van der Waals surface area contributed by atoms with Crippen molar-refractivity contribution in [3.8, 4) is 0 Å². The Bertz CT molecular complexity index is 1000. The maximum atomic E-state index is 12.8. The lowest BCUT2D eigenvalue weighted by atomic mass is 9.88. The van der Waals surface area contributed by atoms with Crippen molar-refractivity contribution in [3.05, 3.63) is 82.6 Å². The van der Waals surface area contributed by atoms with E-state index in [4.69, 9.17) is 11.6 Å². The summed E-state index contributed by atoms with van der Waals surface area (Å²) in [5.41, 5.74) is 2.52. The monoisotopic (exact) mass is 438 g/mol. The highest BCUT2D eigenvalue weighted by atomic mass is 35.5. The second-order valence-electron chi connectivity index (χ2n) is 8.11. The maximum Gasteiger partial charge on any atom is 0.276 e. The molecule has 2 heterocycles. The van der Waals surface area contributed by atoms with Gasteiger partial charge in [-0.25, -0.2) is 4.68 Å². The summed E-state index contributed by atoms with van der Waals surface area (Å²) in [6.07, 6.45) is 4.56. The lowest BCUT2D eigenvalue weighted by molar-refractivity contribution is 0.0433. The summed E-state index contributed by atoms with van der Waals surface area (Å²) in [5.74, 6) is 0.117. The zero-order chi connectivity index (χ0) is 21.6. The van der Waals surface area contributed by atoms with Crippen LogP contribution in [0.15, 0.2) is 60.8 Å². The zero-order valence-corrected chi connectivity index (χ0v) is 18.2. The van der Waals surface area contributed by atoms with Crippen molar-refractivity contribution < 1.29 is 9.90 Å². The van der Waals surface area contributed by atoms with Gasteiger partial charge in [-0.05, 0) is 48.8 Å². The van der Waals surface area contributed by atoms with Gasteiger partial charge in [-0.2, -0.15) is 0 Å². The standard InChI is InChI=1S/C24H27ClN4O2/c25-21-9-5-4-8-20(21)16-29-17-22(26-27-29)24(31)28-14-12-19(13-15-28)23(30)11-10-18-6-2-1-3-7-18/h1-9,17,19,23,30H,10-16H2. The summed E-state index contributed by atoms with van der Waals surface area (Å²) in [5, 5.41) is 19.4. The number of nitrogens with zero attached hydrogens (tertiary/aromatic N) is 4. The number of piperidine rings is 1. The van der Waals surface area contributed by atoms with Crippen LogP contribution >= 0.6 is 11.6 Å². The lowest BCUT2D eigenvalue weighted by Crippen LogP contribution is -2.41. The molecule has 1 aromatic heterocycles. The van der Waals surface area contributed by atoms with Gasteiger partial charge in [0.25, 0.3) is 5.91 Å². The second-order valence-corrected chi connectivity index (χ2v) is 8.52. The van der Waals surface area contributed by atoms with Gasteiger partial charge in [0.2, 0.25) is 0 Å². The van der Waals surface area contributed by atoms with Gasteiger partial charge in [0, 0.05) is 18.1 Å². The fourth-order valence-corrected chi connectivity index (χ4v) is 4.31. The molecule has 31 heavy (non-hydrogen) atoms. The van der Waals surface area contributed by atoms with Crippen LogP contribution < -0.4 is 0 Å². The number of carbonyl (C=O) groups is 1. The van der Waals surface area contributed by atoms with Crippen LogP contribution in [0.25, 0.3) is 0 Å². The molecule has 2 aromatic carbocycles. The minimum atomic E-state index is -0.339. The quantitative estimate of drug-likeness (QED) is 0.608. The van der Waals surface area contributed by atoms with Crippen LogP contribution in [0.4, 0.5) is 0 Å². The Morgan fingerprint density at radius 3 is 2.55 bits per heavy atom. The third-order valence-electron chi connectivity index (χ3n) is 5.99. The van der Waals surface area contributed by atoms with Crippen molar-refractivity contribution in [2.75, 3.05) is 13.1 Å². The van der Waals surface area contributed by atoms with Gasteiger partial charge in [-0.3, -0.25) is 4.79 Å². The number of amides is 1. The fourth-order valence-electron chi connectivity index (χ4n) is 4.12. The van der Waals surface area contributed by atoms with Crippen LogP contribution in [-0.2, 0) is 13.0 Å². The van der Waals surface area contributed by atoms with Crippen molar-refractivity contribution in [1.29, 1.82) is 0 Å². The molecule has 1 amide bonds. The van der Waals surface area contributed by atoms with E-state index in [-0.39, 0.29) is 17.9 Å². The van der Waals surface area contributed by atoms with Gasteiger partial charge in [-0.1, -0.05) is 65.3 Å². The SMILES string of the molecule is O=C(c1cn(Cc2ccccc2Cl)nn1)N1CCC(C(O)CCc2ccccc2)CC1. The molecule has 0 bridgehead atoms. The van der Waals surface area contributed by atoms with Gasteiger partial charge >= 0.3 is 0 Å². The summed E-state index contributed by atoms with van der Waals surface area (Å²) in [6, 6.07) is 17.8. The molecule has 1 aliphatic rings. The largest absolute Gasteiger partial charge is 0.393 e. The van der Waals surface area contributed by atoms with Crippen molar-refractivity contribution >= 4 is 17.5 Å². The van der Waals surface area contributed by atoms with Crippen LogP contribution in [-0.4, -0.2) is 50.1 Å². The first-order chi connectivity index (χ1) is 15.1. The van der Waals surface area contributed by atoms with E-state index in [1.165, 1.54) is 5.56 Å². The van der Waals surface area contributed by atoms with E-state index >= 15 is 0 Å². The number of rotatable bonds is 7. The van der Waals surface area contributed by atoms with Gasteiger partial charge in [0.15, 0.2) is 5.69 Å². The Kier molecular flexibility index (Phi) is 6.99. The Balaban J connectivity index is 1.27. The van der Waals surface area contributed by atoms with Crippen molar-refractivity contribution in [2.45, 2.75) is 38.3 Å². The third kappa shape index (κ3) is 5.51. The van der Waals surface area contributed by atoms with Crippen molar-refractivity contribution in [1.82, 2.24) is 19.9 Å². The molecular weight excluding hydrogens is 412 g/mol. The number of carbonyl (C=O) groups excluding carboxylic acids is 1. The Morgan fingerprint density at radius 1 is 1.10 bits per heavy atom. The van der Waals surface area contributed by atoms with E-state index in [0.29, 0.717) is 30.4 Å². The number of benzene rings is 2. The smallest absolute Gasteiger partial charge is 0.276 e. The van der Waals surface area contributed by atoms with Gasteiger partial charge in [0.05, 0.1) is 18.8 Å². The summed E-state index contributed by atoms with van der Waals surface area (Å²) in [4.78, 5) is 14.7. The van der Waals surface area contributed by atoms with Crippen LogP contribution in [0.2, 0.25) is 5.02 Å². The van der Waals surface area contributed by atoms with E-state index in [9.17, 15) is 9.90 Å². The van der Waals surface area contributed by atoms with Crippen LogP contribution in [0.5, 0.6) is 0 Å². The first-order valence-corrected chi connectivity index (χ1v) is 11.1. The highest BCUT2D eigenvalue weighted by Crippen LogP contribution is 2.24. The first-order valence-electron chi connectivity index (χ1n) is 10.7. The Labute approximate surface area is 187 Å². The highest BCUT2D eigenvalue weighted by Gasteiger charge is 2.28. The molecule has 1 unspecified atom stereocenters. The molecule has 0 saturated carbocycles. The molecule has 1 aliphatic heterocycles. The van der Waals surface area contributed by atoms with Gasteiger partial charge < -0.3 is 10.0 Å². The number of hydrogen-bond acceptors (Lipinski definition) is 4. The van der Waals surface area contributed by atoms with Crippen molar-refractivity contribution in [3.63, 3.8) is 0 Å². The number of aliphatic hydroxyl groups excluding tert-OH is 1. The van der Waals surface area contributed by atoms with E-state index in [2.05, 4.69) is 22.4 Å². The third-order valence-corrected chi connectivity index (χ3v) is 6.36. The average Bonchev–Trinajstić information content (AvgIpc) is 3.28. The second kappa shape index (κ2) is 10.1. The predicted molar refractivity (Wildman–Crippen MR) is 120 cm³/mol. The lowest BCUT2D eigenvalue weighted by Gasteiger charge is -2.34. The summed E-state index contributed by atoms with van der Waals surface area (Å²) >= 11 is 6.20.